The normalized spacial score (nSPS) is 14.5. The Labute approximate surface area is 192 Å². The fourth-order valence-corrected chi connectivity index (χ4v) is 4.43. The van der Waals surface area contributed by atoms with Crippen molar-refractivity contribution in [1.29, 1.82) is 0 Å². The maximum absolute atomic E-state index is 12.5. The zero-order valence-electron chi connectivity index (χ0n) is 18.8. The second-order valence-electron chi connectivity index (χ2n) is 8.22. The molecule has 33 heavy (non-hydrogen) atoms. The Morgan fingerprint density at radius 1 is 1.00 bits per heavy atom. The molecule has 0 N–H and O–H groups in total. The molecule has 7 heteroatoms. The van der Waals surface area contributed by atoms with Gasteiger partial charge in [0.1, 0.15) is 11.0 Å². The zero-order chi connectivity index (χ0) is 22.8. The van der Waals surface area contributed by atoms with Crippen molar-refractivity contribution < 1.29 is 14.3 Å². The molecule has 1 fully saturated rings. The van der Waals surface area contributed by atoms with E-state index in [-0.39, 0.29) is 0 Å². The summed E-state index contributed by atoms with van der Waals surface area (Å²) in [6, 6.07) is 20.8. The lowest BCUT2D eigenvalue weighted by atomic mass is 9.93. The number of hydrogen-bond donors (Lipinski definition) is 0. The Morgan fingerprint density at radius 2 is 1.79 bits per heavy atom. The summed E-state index contributed by atoms with van der Waals surface area (Å²) in [4.78, 5) is 14.9. The first-order valence-corrected chi connectivity index (χ1v) is 11.0. The van der Waals surface area contributed by atoms with Gasteiger partial charge >= 0.3 is 5.97 Å². The molecule has 0 unspecified atom stereocenters. The summed E-state index contributed by atoms with van der Waals surface area (Å²) in [6.45, 7) is 4.17. The van der Waals surface area contributed by atoms with Gasteiger partial charge in [0.2, 0.25) is 0 Å². The number of methoxy groups -OCH3 is 1. The minimum Gasteiger partial charge on any atom is -0.465 e. The van der Waals surface area contributed by atoms with Gasteiger partial charge in [0.05, 0.1) is 25.9 Å². The standard InChI is InChI=1S/C26H26N4O3/c1-29-25-23(26(31)32-2)15-20(16-24(25)27-28-29)19-8-9-22(18-6-4-3-5-7-18)21(14-19)17-30-10-12-33-13-11-30/h3-9,14-16H,10-13,17H2,1-2H3. The molecule has 0 amide bonds. The Balaban J connectivity index is 1.62. The van der Waals surface area contributed by atoms with Crippen molar-refractivity contribution in [3.05, 3.63) is 71.8 Å². The highest BCUT2D eigenvalue weighted by Gasteiger charge is 2.19. The number of carbonyl (C=O) groups excluding carboxylic acids is 1. The first-order valence-electron chi connectivity index (χ1n) is 11.0. The van der Waals surface area contributed by atoms with Crippen LogP contribution in [0.15, 0.2) is 60.7 Å². The molecule has 1 aliphatic rings. The van der Waals surface area contributed by atoms with Crippen LogP contribution in [0.1, 0.15) is 15.9 Å². The molecule has 168 valence electrons. The van der Waals surface area contributed by atoms with E-state index >= 15 is 0 Å². The fourth-order valence-electron chi connectivity index (χ4n) is 4.43. The van der Waals surface area contributed by atoms with Gasteiger partial charge in [0, 0.05) is 26.7 Å². The van der Waals surface area contributed by atoms with E-state index in [1.165, 1.54) is 23.8 Å². The first kappa shape index (κ1) is 21.3. The minimum absolute atomic E-state index is 0.401. The van der Waals surface area contributed by atoms with E-state index in [1.54, 1.807) is 11.7 Å². The lowest BCUT2D eigenvalue weighted by Crippen LogP contribution is -2.35. The summed E-state index contributed by atoms with van der Waals surface area (Å²) < 4.78 is 12.2. The van der Waals surface area contributed by atoms with Crippen molar-refractivity contribution in [2.75, 3.05) is 33.4 Å². The van der Waals surface area contributed by atoms with Crippen LogP contribution in [0.2, 0.25) is 0 Å². The second-order valence-corrected chi connectivity index (χ2v) is 8.22. The van der Waals surface area contributed by atoms with Crippen LogP contribution in [0, 0.1) is 0 Å². The van der Waals surface area contributed by atoms with Gasteiger partial charge in [-0.2, -0.15) is 0 Å². The van der Waals surface area contributed by atoms with E-state index in [4.69, 9.17) is 9.47 Å². The Bertz CT molecular complexity index is 1290. The average Bonchev–Trinajstić information content (AvgIpc) is 3.24. The molecule has 2 heterocycles. The molecule has 7 nitrogen and oxygen atoms in total. The van der Waals surface area contributed by atoms with Crippen molar-refractivity contribution in [2.24, 2.45) is 7.05 Å². The van der Waals surface area contributed by atoms with Gasteiger partial charge in [-0.25, -0.2) is 9.48 Å². The van der Waals surface area contributed by atoms with E-state index in [9.17, 15) is 4.79 Å². The maximum Gasteiger partial charge on any atom is 0.340 e. The highest BCUT2D eigenvalue weighted by molar-refractivity contribution is 6.04. The van der Waals surface area contributed by atoms with E-state index in [2.05, 4.69) is 57.7 Å². The topological polar surface area (TPSA) is 69.5 Å². The van der Waals surface area contributed by atoms with Gasteiger partial charge in [-0.3, -0.25) is 4.90 Å². The van der Waals surface area contributed by atoms with Crippen LogP contribution in [0.5, 0.6) is 0 Å². The maximum atomic E-state index is 12.5. The van der Waals surface area contributed by atoms with Gasteiger partial charge in [0.25, 0.3) is 0 Å². The Kier molecular flexibility index (Phi) is 5.90. The summed E-state index contributed by atoms with van der Waals surface area (Å²) in [5.41, 5.74) is 7.35. The molecule has 1 saturated heterocycles. The number of morpholine rings is 1. The number of nitrogens with zero attached hydrogens (tertiary/aromatic N) is 4. The summed E-state index contributed by atoms with van der Waals surface area (Å²) in [6.07, 6.45) is 0. The van der Waals surface area contributed by atoms with E-state index in [0.29, 0.717) is 16.6 Å². The fraction of sp³-hybridized carbons (Fsp3) is 0.269. The predicted octanol–water partition coefficient (Wildman–Crippen LogP) is 3.92. The van der Waals surface area contributed by atoms with E-state index in [1.807, 2.05) is 18.2 Å². The monoisotopic (exact) mass is 442 g/mol. The molecule has 1 aliphatic heterocycles. The molecule has 0 atom stereocenters. The molecule has 0 radical (unpaired) electrons. The predicted molar refractivity (Wildman–Crippen MR) is 127 cm³/mol. The second kappa shape index (κ2) is 9.13. The molecule has 1 aromatic heterocycles. The molecule has 3 aromatic carbocycles. The summed E-state index contributed by atoms with van der Waals surface area (Å²) >= 11 is 0. The molecule has 0 aliphatic carbocycles. The van der Waals surface area contributed by atoms with Crippen molar-refractivity contribution in [2.45, 2.75) is 6.54 Å². The van der Waals surface area contributed by atoms with Crippen molar-refractivity contribution >= 4 is 17.0 Å². The number of esters is 1. The molecule has 0 bridgehead atoms. The van der Waals surface area contributed by atoms with Gasteiger partial charge < -0.3 is 9.47 Å². The number of rotatable bonds is 5. The third kappa shape index (κ3) is 4.25. The lowest BCUT2D eigenvalue weighted by Gasteiger charge is -2.27. The van der Waals surface area contributed by atoms with E-state index in [0.717, 1.165) is 44.0 Å². The highest BCUT2D eigenvalue weighted by atomic mass is 16.5. The summed E-state index contributed by atoms with van der Waals surface area (Å²) in [7, 11) is 3.16. The third-order valence-corrected chi connectivity index (χ3v) is 6.13. The van der Waals surface area contributed by atoms with Crippen LogP contribution in [-0.2, 0) is 23.1 Å². The van der Waals surface area contributed by atoms with E-state index < -0.39 is 5.97 Å². The number of aromatic nitrogens is 3. The van der Waals surface area contributed by atoms with Crippen molar-refractivity contribution in [3.63, 3.8) is 0 Å². The summed E-state index contributed by atoms with van der Waals surface area (Å²) in [5, 5.41) is 8.34. The number of fused-ring (bicyclic) bond motifs is 1. The first-order chi connectivity index (χ1) is 16.1. The van der Waals surface area contributed by atoms with Crippen LogP contribution >= 0.6 is 0 Å². The Hall–Kier alpha value is -3.55. The van der Waals surface area contributed by atoms with Crippen LogP contribution in [-0.4, -0.2) is 59.3 Å². The highest BCUT2D eigenvalue weighted by Crippen LogP contribution is 2.32. The third-order valence-electron chi connectivity index (χ3n) is 6.13. The van der Waals surface area contributed by atoms with Crippen molar-refractivity contribution in [1.82, 2.24) is 19.9 Å². The molecule has 4 aromatic rings. The van der Waals surface area contributed by atoms with Gasteiger partial charge in [0.15, 0.2) is 0 Å². The van der Waals surface area contributed by atoms with Gasteiger partial charge in [-0.05, 0) is 46.0 Å². The number of benzene rings is 3. The largest absolute Gasteiger partial charge is 0.465 e. The molecule has 5 rings (SSSR count). The quantitative estimate of drug-likeness (QED) is 0.437. The van der Waals surface area contributed by atoms with Gasteiger partial charge in [-0.1, -0.05) is 47.7 Å². The number of ether oxygens (including phenoxy) is 2. The zero-order valence-corrected chi connectivity index (χ0v) is 18.8. The molecular formula is C26H26N4O3. The molecule has 0 saturated carbocycles. The summed E-state index contributed by atoms with van der Waals surface area (Å²) in [5.74, 6) is -0.401. The number of carbonyl (C=O) groups is 1. The smallest absolute Gasteiger partial charge is 0.340 e. The van der Waals surface area contributed by atoms with Gasteiger partial charge in [-0.15, -0.1) is 5.10 Å². The number of hydrogen-bond acceptors (Lipinski definition) is 6. The van der Waals surface area contributed by atoms with Crippen LogP contribution in [0.3, 0.4) is 0 Å². The Morgan fingerprint density at radius 3 is 2.55 bits per heavy atom. The van der Waals surface area contributed by atoms with Crippen LogP contribution < -0.4 is 0 Å². The molecular weight excluding hydrogens is 416 g/mol. The average molecular weight is 443 g/mol. The van der Waals surface area contributed by atoms with Crippen molar-refractivity contribution in [3.8, 4) is 22.3 Å². The minimum atomic E-state index is -0.401. The van der Waals surface area contributed by atoms with Crippen LogP contribution in [0.25, 0.3) is 33.3 Å². The lowest BCUT2D eigenvalue weighted by molar-refractivity contribution is 0.0342. The molecule has 0 spiro atoms. The number of aryl methyl sites for hydroxylation is 1. The SMILES string of the molecule is COC(=O)c1cc(-c2ccc(-c3ccccc3)c(CN3CCOCC3)c2)cc2nnn(C)c12. The van der Waals surface area contributed by atoms with Crippen LogP contribution in [0.4, 0.5) is 0 Å².